The van der Waals surface area contributed by atoms with Crippen molar-refractivity contribution in [3.63, 3.8) is 0 Å². The Morgan fingerprint density at radius 3 is 2.47 bits per heavy atom. The lowest BCUT2D eigenvalue weighted by Crippen LogP contribution is -2.43. The number of alkyl halides is 3. The van der Waals surface area contributed by atoms with E-state index < -0.39 is 11.7 Å². The molecule has 0 radical (unpaired) electrons. The van der Waals surface area contributed by atoms with E-state index in [4.69, 9.17) is 0 Å². The van der Waals surface area contributed by atoms with E-state index in [2.05, 4.69) is 10.3 Å². The zero-order valence-corrected chi connectivity index (χ0v) is 10.4. The number of nitrogens with zero attached hydrogens (tertiary/aromatic N) is 1. The maximum absolute atomic E-state index is 12.7. The average Bonchev–Trinajstić information content (AvgIpc) is 2.74. The average molecular weight is 268 g/mol. The molecule has 5 heteroatoms. The molecule has 2 nitrogen and oxygen atoms in total. The third kappa shape index (κ3) is 2.33. The Morgan fingerprint density at radius 2 is 1.84 bits per heavy atom. The maximum Gasteiger partial charge on any atom is 0.416 e. The van der Waals surface area contributed by atoms with Crippen molar-refractivity contribution in [2.75, 3.05) is 6.54 Å². The van der Waals surface area contributed by atoms with Gasteiger partial charge in [0.2, 0.25) is 0 Å². The number of hydrogen-bond donors (Lipinski definition) is 1. The van der Waals surface area contributed by atoms with Gasteiger partial charge in [0, 0.05) is 0 Å². The molecule has 3 rings (SSSR count). The predicted molar refractivity (Wildman–Crippen MR) is 67.3 cm³/mol. The van der Waals surface area contributed by atoms with Gasteiger partial charge in [-0.3, -0.25) is 4.99 Å². The summed E-state index contributed by atoms with van der Waals surface area (Å²) in [7, 11) is 0. The fourth-order valence-corrected chi connectivity index (χ4v) is 2.90. The van der Waals surface area contributed by atoms with Crippen molar-refractivity contribution in [2.24, 2.45) is 4.99 Å². The van der Waals surface area contributed by atoms with Crippen LogP contribution < -0.4 is 5.32 Å². The molecule has 1 aromatic rings. The van der Waals surface area contributed by atoms with E-state index in [1.165, 1.54) is 12.1 Å². The molecule has 1 aromatic carbocycles. The summed E-state index contributed by atoms with van der Waals surface area (Å²) in [6.07, 6.45) is 0.705. The maximum atomic E-state index is 12.7. The van der Waals surface area contributed by atoms with Gasteiger partial charge >= 0.3 is 6.18 Å². The Labute approximate surface area is 109 Å². The summed E-state index contributed by atoms with van der Waals surface area (Å²) in [4.78, 5) is 4.21. The van der Waals surface area contributed by atoms with E-state index in [1.54, 1.807) is 12.4 Å². The molecule has 0 aromatic heterocycles. The topological polar surface area (TPSA) is 24.4 Å². The monoisotopic (exact) mass is 268 g/mol. The lowest BCUT2D eigenvalue weighted by molar-refractivity contribution is -0.137. The molecule has 1 aliphatic carbocycles. The highest BCUT2D eigenvalue weighted by molar-refractivity contribution is 5.59. The second-order valence-corrected chi connectivity index (χ2v) is 5.38. The fourth-order valence-electron chi connectivity index (χ4n) is 2.90. The molecule has 102 valence electrons. The van der Waals surface area contributed by atoms with Crippen molar-refractivity contribution in [2.45, 2.75) is 37.4 Å². The summed E-state index contributed by atoms with van der Waals surface area (Å²) in [5.41, 5.74) is 1.29. The highest BCUT2D eigenvalue weighted by Gasteiger charge is 2.35. The van der Waals surface area contributed by atoms with E-state index in [0.717, 1.165) is 36.9 Å². The number of aliphatic imine (C=N–C) groups is 1. The van der Waals surface area contributed by atoms with Crippen LogP contribution in [0.25, 0.3) is 0 Å². The highest BCUT2D eigenvalue weighted by Crippen LogP contribution is 2.34. The summed E-state index contributed by atoms with van der Waals surface area (Å²) < 4.78 is 38.2. The first-order valence-corrected chi connectivity index (χ1v) is 6.44. The zero-order valence-electron chi connectivity index (χ0n) is 10.4. The van der Waals surface area contributed by atoms with Gasteiger partial charge in [-0.25, -0.2) is 0 Å². The molecular formula is C14H15F3N2. The zero-order chi connectivity index (χ0) is 13.5. The number of benzene rings is 1. The van der Waals surface area contributed by atoms with Crippen LogP contribution in [0.15, 0.2) is 23.2 Å². The molecule has 1 aliphatic heterocycles. The van der Waals surface area contributed by atoms with Crippen LogP contribution in [0.3, 0.4) is 0 Å². The normalized spacial score (nSPS) is 26.1. The third-order valence-electron chi connectivity index (χ3n) is 4.14. The van der Waals surface area contributed by atoms with Crippen LogP contribution in [0.1, 0.15) is 29.5 Å². The predicted octanol–water partition coefficient (Wildman–Crippen LogP) is 2.95. The Morgan fingerprint density at radius 1 is 1.11 bits per heavy atom. The second kappa shape index (κ2) is 4.25. The van der Waals surface area contributed by atoms with Crippen LogP contribution >= 0.6 is 0 Å². The van der Waals surface area contributed by atoms with E-state index in [-0.39, 0.29) is 5.54 Å². The molecule has 0 saturated carbocycles. The molecule has 1 spiro atoms. The standard InChI is InChI=1S/C14H15F3N2/c15-14(16,17)12-2-1-10-3-5-13(8-18-9-19-13)6-4-11(10)7-12/h1-2,7,9H,3-6,8H2,(H,18,19)/t13-/m1/s1. The van der Waals surface area contributed by atoms with Crippen molar-refractivity contribution in [1.29, 1.82) is 0 Å². The minimum Gasteiger partial charge on any atom is -0.369 e. The number of fused-ring (bicyclic) bond motifs is 1. The number of halogens is 3. The van der Waals surface area contributed by atoms with Gasteiger partial charge in [-0.15, -0.1) is 0 Å². The summed E-state index contributed by atoms with van der Waals surface area (Å²) >= 11 is 0. The highest BCUT2D eigenvalue weighted by atomic mass is 19.4. The molecule has 0 saturated heterocycles. The molecule has 1 atom stereocenters. The number of aryl methyl sites for hydroxylation is 2. The lowest BCUT2D eigenvalue weighted by atomic mass is 9.91. The molecule has 0 unspecified atom stereocenters. The van der Waals surface area contributed by atoms with E-state index in [9.17, 15) is 13.2 Å². The van der Waals surface area contributed by atoms with Gasteiger partial charge in [0.25, 0.3) is 0 Å². The molecule has 19 heavy (non-hydrogen) atoms. The van der Waals surface area contributed by atoms with Crippen LogP contribution in [0.5, 0.6) is 0 Å². The molecule has 0 amide bonds. The fraction of sp³-hybridized carbons (Fsp3) is 0.500. The van der Waals surface area contributed by atoms with Gasteiger partial charge in [0.15, 0.2) is 0 Å². The Kier molecular flexibility index (Phi) is 2.80. The van der Waals surface area contributed by atoms with Gasteiger partial charge < -0.3 is 5.32 Å². The van der Waals surface area contributed by atoms with Crippen LogP contribution in [0.2, 0.25) is 0 Å². The molecular weight excluding hydrogens is 253 g/mol. The number of nitrogens with one attached hydrogen (secondary N) is 1. The van der Waals surface area contributed by atoms with Crippen LogP contribution in [-0.4, -0.2) is 18.4 Å². The number of rotatable bonds is 0. The number of hydrogen-bond acceptors (Lipinski definition) is 2. The van der Waals surface area contributed by atoms with Gasteiger partial charge in [-0.05, 0) is 48.9 Å². The summed E-state index contributed by atoms with van der Waals surface area (Å²) in [5, 5.41) is 3.28. The van der Waals surface area contributed by atoms with Crippen molar-refractivity contribution in [1.82, 2.24) is 5.32 Å². The van der Waals surface area contributed by atoms with Gasteiger partial charge in [-0.2, -0.15) is 13.2 Å². The van der Waals surface area contributed by atoms with Crippen molar-refractivity contribution < 1.29 is 13.2 Å². The molecule has 0 fully saturated rings. The second-order valence-electron chi connectivity index (χ2n) is 5.38. The first-order valence-electron chi connectivity index (χ1n) is 6.44. The summed E-state index contributed by atoms with van der Waals surface area (Å²) in [6.45, 7) is 0.729. The first kappa shape index (κ1) is 12.5. The van der Waals surface area contributed by atoms with Crippen molar-refractivity contribution in [3.8, 4) is 0 Å². The largest absolute Gasteiger partial charge is 0.416 e. The molecule has 1 heterocycles. The van der Waals surface area contributed by atoms with Crippen LogP contribution in [-0.2, 0) is 19.0 Å². The molecule has 1 N–H and O–H groups in total. The van der Waals surface area contributed by atoms with E-state index >= 15 is 0 Å². The van der Waals surface area contributed by atoms with Crippen LogP contribution in [0.4, 0.5) is 13.2 Å². The minimum atomic E-state index is -4.26. The van der Waals surface area contributed by atoms with E-state index in [1.807, 2.05) is 0 Å². The smallest absolute Gasteiger partial charge is 0.369 e. The van der Waals surface area contributed by atoms with E-state index in [0.29, 0.717) is 6.42 Å². The summed E-state index contributed by atoms with van der Waals surface area (Å²) in [5.74, 6) is 0. The Hall–Kier alpha value is -1.52. The van der Waals surface area contributed by atoms with Gasteiger partial charge in [-0.1, -0.05) is 6.07 Å². The van der Waals surface area contributed by atoms with Crippen molar-refractivity contribution >= 4 is 6.34 Å². The van der Waals surface area contributed by atoms with Gasteiger partial charge in [0.05, 0.1) is 24.0 Å². The van der Waals surface area contributed by atoms with Gasteiger partial charge in [0.1, 0.15) is 0 Å². The third-order valence-corrected chi connectivity index (χ3v) is 4.14. The Balaban J connectivity index is 1.87. The quantitative estimate of drug-likeness (QED) is 0.768. The van der Waals surface area contributed by atoms with Crippen molar-refractivity contribution in [3.05, 3.63) is 34.9 Å². The first-order chi connectivity index (χ1) is 8.99. The SMILES string of the molecule is FC(F)(F)c1ccc2c(c1)CC[C@]1(CC2)CN=CN1. The Bertz CT molecular complexity index is 512. The molecule has 0 bridgehead atoms. The summed E-state index contributed by atoms with van der Waals surface area (Å²) in [6, 6.07) is 4.13. The molecule has 2 aliphatic rings. The lowest BCUT2D eigenvalue weighted by Gasteiger charge is -2.26. The van der Waals surface area contributed by atoms with Crippen LogP contribution in [0, 0.1) is 0 Å². The minimum absolute atomic E-state index is 0.0442.